The van der Waals surface area contributed by atoms with Gasteiger partial charge in [-0.25, -0.2) is 0 Å². The zero-order chi connectivity index (χ0) is 15.0. The number of oxime groups is 1. The van der Waals surface area contributed by atoms with Gasteiger partial charge in [0, 0.05) is 23.2 Å². The Labute approximate surface area is 129 Å². The van der Waals surface area contributed by atoms with Gasteiger partial charge in [0.25, 0.3) is 0 Å². The molecule has 20 heavy (non-hydrogen) atoms. The van der Waals surface area contributed by atoms with Gasteiger partial charge in [0.2, 0.25) is 0 Å². The molecule has 0 heterocycles. The summed E-state index contributed by atoms with van der Waals surface area (Å²) in [5.41, 5.74) is 7.16. The Kier molecular flexibility index (Phi) is 7.80. The van der Waals surface area contributed by atoms with Crippen LogP contribution in [0.4, 0.5) is 0 Å². The molecular formula is C14H22ClN3OS. The van der Waals surface area contributed by atoms with E-state index in [1.807, 2.05) is 17.8 Å². The van der Waals surface area contributed by atoms with Crippen molar-refractivity contribution in [1.29, 1.82) is 0 Å². The van der Waals surface area contributed by atoms with E-state index >= 15 is 0 Å². The molecule has 0 amide bonds. The van der Waals surface area contributed by atoms with Crippen molar-refractivity contribution in [3.63, 3.8) is 0 Å². The molecule has 6 heteroatoms. The molecule has 1 atom stereocenters. The Morgan fingerprint density at radius 3 is 2.90 bits per heavy atom. The van der Waals surface area contributed by atoms with Crippen LogP contribution in [0.5, 0.6) is 0 Å². The van der Waals surface area contributed by atoms with Gasteiger partial charge in [-0.2, -0.15) is 11.8 Å². The summed E-state index contributed by atoms with van der Waals surface area (Å²) in [6.45, 7) is 5.06. The lowest BCUT2D eigenvalue weighted by molar-refractivity contribution is 0.318. The lowest BCUT2D eigenvalue weighted by Gasteiger charge is -2.14. The van der Waals surface area contributed by atoms with E-state index in [1.165, 1.54) is 5.75 Å². The van der Waals surface area contributed by atoms with Crippen LogP contribution in [-0.2, 0) is 6.54 Å². The van der Waals surface area contributed by atoms with Crippen LogP contribution in [0.2, 0.25) is 5.02 Å². The summed E-state index contributed by atoms with van der Waals surface area (Å²) in [6.07, 6.45) is 1.14. The van der Waals surface area contributed by atoms with Crippen LogP contribution >= 0.6 is 23.4 Å². The number of hydrogen-bond donors (Lipinski definition) is 3. The van der Waals surface area contributed by atoms with Crippen LogP contribution < -0.4 is 11.1 Å². The first-order valence-electron chi connectivity index (χ1n) is 6.66. The Morgan fingerprint density at radius 2 is 2.30 bits per heavy atom. The summed E-state index contributed by atoms with van der Waals surface area (Å²) in [4.78, 5) is 0. The van der Waals surface area contributed by atoms with Crippen LogP contribution in [0.15, 0.2) is 23.4 Å². The number of hydrogen-bond acceptors (Lipinski definition) is 4. The van der Waals surface area contributed by atoms with E-state index in [-0.39, 0.29) is 5.84 Å². The maximum absolute atomic E-state index is 8.63. The van der Waals surface area contributed by atoms with E-state index in [0.717, 1.165) is 17.7 Å². The first kappa shape index (κ1) is 17.1. The molecule has 0 bridgehead atoms. The molecule has 1 aromatic rings. The average Bonchev–Trinajstić information content (AvgIpc) is 2.45. The number of thioether (sulfide) groups is 1. The fourth-order valence-corrected chi connectivity index (χ4v) is 2.75. The van der Waals surface area contributed by atoms with E-state index in [4.69, 9.17) is 22.5 Å². The first-order chi connectivity index (χ1) is 9.58. The number of nitrogens with two attached hydrogens (primary N) is 1. The summed E-state index contributed by atoms with van der Waals surface area (Å²) < 4.78 is 0. The molecule has 0 saturated carbocycles. The SMILES string of the molecule is CCSCCC(C)NCc1ccc(/C(N)=N/O)cc1Cl. The number of benzene rings is 1. The van der Waals surface area contributed by atoms with Crippen LogP contribution in [-0.4, -0.2) is 28.6 Å². The molecule has 1 rings (SSSR count). The van der Waals surface area contributed by atoms with Gasteiger partial charge in [-0.15, -0.1) is 0 Å². The van der Waals surface area contributed by atoms with Crippen LogP contribution in [0.1, 0.15) is 31.4 Å². The lowest BCUT2D eigenvalue weighted by atomic mass is 10.1. The van der Waals surface area contributed by atoms with Gasteiger partial charge >= 0.3 is 0 Å². The van der Waals surface area contributed by atoms with Crippen molar-refractivity contribution in [1.82, 2.24) is 5.32 Å². The number of amidine groups is 1. The van der Waals surface area contributed by atoms with Gasteiger partial charge in [0.1, 0.15) is 0 Å². The largest absolute Gasteiger partial charge is 0.409 e. The van der Waals surface area contributed by atoms with E-state index in [9.17, 15) is 0 Å². The highest BCUT2D eigenvalue weighted by atomic mass is 35.5. The molecule has 0 fully saturated rings. The van der Waals surface area contributed by atoms with Gasteiger partial charge in [0.05, 0.1) is 0 Å². The molecular weight excluding hydrogens is 294 g/mol. The Hall–Kier alpha value is -0.910. The zero-order valence-electron chi connectivity index (χ0n) is 11.9. The molecule has 0 saturated heterocycles. The molecule has 0 aliphatic rings. The molecule has 1 aromatic carbocycles. The third kappa shape index (κ3) is 5.61. The summed E-state index contributed by atoms with van der Waals surface area (Å²) >= 11 is 8.16. The second-order valence-electron chi connectivity index (χ2n) is 4.56. The van der Waals surface area contributed by atoms with Gasteiger partial charge < -0.3 is 16.3 Å². The number of nitrogens with zero attached hydrogens (tertiary/aromatic N) is 1. The van der Waals surface area contributed by atoms with Gasteiger partial charge in [-0.1, -0.05) is 35.8 Å². The van der Waals surface area contributed by atoms with Gasteiger partial charge in [-0.3, -0.25) is 0 Å². The van der Waals surface area contributed by atoms with E-state index in [1.54, 1.807) is 12.1 Å². The molecule has 4 N–H and O–H groups in total. The monoisotopic (exact) mass is 315 g/mol. The van der Waals surface area contributed by atoms with Crippen LogP contribution in [0.3, 0.4) is 0 Å². The van der Waals surface area contributed by atoms with Crippen molar-refractivity contribution in [3.05, 3.63) is 34.3 Å². The van der Waals surface area contributed by atoms with Gasteiger partial charge in [0.15, 0.2) is 5.84 Å². The number of halogens is 1. The summed E-state index contributed by atoms with van der Waals surface area (Å²) in [5, 5.41) is 15.7. The third-order valence-corrected chi connectivity index (χ3v) is 4.28. The topological polar surface area (TPSA) is 70.6 Å². The minimum absolute atomic E-state index is 0.0661. The molecule has 4 nitrogen and oxygen atoms in total. The molecule has 112 valence electrons. The fraction of sp³-hybridized carbons (Fsp3) is 0.500. The van der Waals surface area contributed by atoms with Crippen molar-refractivity contribution < 1.29 is 5.21 Å². The van der Waals surface area contributed by atoms with Crippen molar-refractivity contribution >= 4 is 29.2 Å². The maximum atomic E-state index is 8.63. The molecule has 0 radical (unpaired) electrons. The summed E-state index contributed by atoms with van der Waals surface area (Å²) in [7, 11) is 0. The first-order valence-corrected chi connectivity index (χ1v) is 8.19. The predicted octanol–water partition coefficient (Wildman–Crippen LogP) is 3.06. The quantitative estimate of drug-likeness (QED) is 0.227. The van der Waals surface area contributed by atoms with Crippen LogP contribution in [0.25, 0.3) is 0 Å². The molecule has 0 spiro atoms. The number of rotatable bonds is 8. The standard InChI is InChI=1S/C14H22ClN3OS/c1-3-20-7-6-10(2)17-9-12-5-4-11(8-13(12)15)14(16)18-19/h4-5,8,10,17,19H,3,6-7,9H2,1-2H3,(H2,16,18). The molecule has 0 aliphatic carbocycles. The minimum atomic E-state index is 0.0661. The Bertz CT molecular complexity index is 454. The Balaban J connectivity index is 2.52. The Morgan fingerprint density at radius 1 is 1.55 bits per heavy atom. The van der Waals surface area contributed by atoms with Gasteiger partial charge in [-0.05, 0) is 36.5 Å². The van der Waals surface area contributed by atoms with Crippen molar-refractivity contribution in [2.45, 2.75) is 32.9 Å². The van der Waals surface area contributed by atoms with Crippen LogP contribution in [0, 0.1) is 0 Å². The molecule has 1 unspecified atom stereocenters. The van der Waals surface area contributed by atoms with E-state index < -0.39 is 0 Å². The van der Waals surface area contributed by atoms with E-state index in [0.29, 0.717) is 23.2 Å². The molecule has 0 aliphatic heterocycles. The van der Waals surface area contributed by atoms with E-state index in [2.05, 4.69) is 24.3 Å². The van der Waals surface area contributed by atoms with Crippen molar-refractivity contribution in [3.8, 4) is 0 Å². The normalized spacial score (nSPS) is 13.4. The zero-order valence-corrected chi connectivity index (χ0v) is 13.5. The van der Waals surface area contributed by atoms with Crippen molar-refractivity contribution in [2.24, 2.45) is 10.9 Å². The second-order valence-corrected chi connectivity index (χ2v) is 6.36. The minimum Gasteiger partial charge on any atom is -0.409 e. The summed E-state index contributed by atoms with van der Waals surface area (Å²) in [6, 6.07) is 5.87. The summed E-state index contributed by atoms with van der Waals surface area (Å²) in [5.74, 6) is 2.39. The second kappa shape index (κ2) is 9.10. The third-order valence-electron chi connectivity index (χ3n) is 3.00. The average molecular weight is 316 g/mol. The number of nitrogens with one attached hydrogen (secondary N) is 1. The smallest absolute Gasteiger partial charge is 0.170 e. The molecule has 0 aromatic heterocycles. The highest BCUT2D eigenvalue weighted by Crippen LogP contribution is 2.18. The maximum Gasteiger partial charge on any atom is 0.170 e. The fourth-order valence-electron chi connectivity index (χ4n) is 1.70. The highest BCUT2D eigenvalue weighted by molar-refractivity contribution is 7.99. The van der Waals surface area contributed by atoms with Crippen molar-refractivity contribution in [2.75, 3.05) is 11.5 Å². The highest BCUT2D eigenvalue weighted by Gasteiger charge is 2.07. The predicted molar refractivity (Wildman–Crippen MR) is 87.9 cm³/mol. The lowest BCUT2D eigenvalue weighted by Crippen LogP contribution is -2.26.